The molecule has 1 aromatic carbocycles. The van der Waals surface area contributed by atoms with Gasteiger partial charge in [-0.25, -0.2) is 4.79 Å². The van der Waals surface area contributed by atoms with Crippen LogP contribution in [0.4, 0.5) is 0 Å². The Labute approximate surface area is 188 Å². The van der Waals surface area contributed by atoms with E-state index in [1.165, 1.54) is 5.56 Å². The van der Waals surface area contributed by atoms with Gasteiger partial charge in [-0.05, 0) is 92.3 Å². The molecule has 2 rings (SSSR count). The molecular weight excluding hydrogens is 481 g/mol. The lowest BCUT2D eigenvalue weighted by atomic mass is 9.86. The molecule has 1 amide bonds. The van der Waals surface area contributed by atoms with Gasteiger partial charge in [0, 0.05) is 22.2 Å². The first kappa shape index (κ1) is 24.1. The van der Waals surface area contributed by atoms with E-state index in [4.69, 9.17) is 9.47 Å². The maximum absolute atomic E-state index is 12.8. The molecule has 0 saturated heterocycles. The van der Waals surface area contributed by atoms with Crippen molar-refractivity contribution in [2.24, 2.45) is 5.92 Å². The van der Waals surface area contributed by atoms with E-state index < -0.39 is 11.7 Å². The van der Waals surface area contributed by atoms with E-state index >= 15 is 0 Å². The monoisotopic (exact) mass is 515 g/mol. The summed E-state index contributed by atoms with van der Waals surface area (Å²) in [5.74, 6) is 0.185. The third-order valence-corrected chi connectivity index (χ3v) is 6.48. The summed E-state index contributed by atoms with van der Waals surface area (Å²) in [5.41, 5.74) is 4.65. The van der Waals surface area contributed by atoms with Gasteiger partial charge in [0.15, 0.2) is 6.10 Å². The number of ether oxygens (including phenoxy) is 2. The number of nitrogens with zero attached hydrogens (tertiary/aromatic N) is 1. The van der Waals surface area contributed by atoms with E-state index in [-0.39, 0.29) is 11.9 Å². The summed E-state index contributed by atoms with van der Waals surface area (Å²) < 4.78 is 12.5. The van der Waals surface area contributed by atoms with Gasteiger partial charge in [-0.2, -0.15) is 0 Å². The SMILES string of the molecule is CCOC(=O)[C@@H](OC(C)(C)C)c1c(C)c2c(c(C)c1I)CN(CC(C)C)C(=O)C2. The Hall–Kier alpha value is -1.15. The lowest BCUT2D eigenvalue weighted by Gasteiger charge is -2.35. The fourth-order valence-electron chi connectivity index (χ4n) is 3.82. The molecule has 1 aliphatic heterocycles. The number of rotatable bonds is 6. The zero-order valence-corrected chi connectivity index (χ0v) is 21.1. The highest BCUT2D eigenvalue weighted by molar-refractivity contribution is 14.1. The van der Waals surface area contributed by atoms with Crippen LogP contribution in [0.5, 0.6) is 0 Å². The standard InChI is InChI=1S/C23H34INO4/c1-9-28-22(27)21(29-23(6,7)8)19-14(4)16-10-18(26)25(11-13(2)3)12-17(16)15(5)20(19)24/h13,21H,9-12H2,1-8H3/t21-/m0/s1. The highest BCUT2D eigenvalue weighted by Gasteiger charge is 2.35. The van der Waals surface area contributed by atoms with Crippen LogP contribution in [0, 0.1) is 23.3 Å². The van der Waals surface area contributed by atoms with Crippen LogP contribution in [0.3, 0.4) is 0 Å². The average Bonchev–Trinajstić information content (AvgIpc) is 2.59. The molecule has 1 heterocycles. The van der Waals surface area contributed by atoms with Crippen molar-refractivity contribution in [2.75, 3.05) is 13.2 Å². The van der Waals surface area contributed by atoms with Crippen molar-refractivity contribution in [3.05, 3.63) is 31.4 Å². The van der Waals surface area contributed by atoms with Crippen molar-refractivity contribution in [3.8, 4) is 0 Å². The number of carbonyl (C=O) groups is 2. The first-order valence-electron chi connectivity index (χ1n) is 10.3. The number of benzene rings is 1. The van der Waals surface area contributed by atoms with E-state index in [0.29, 0.717) is 25.5 Å². The van der Waals surface area contributed by atoms with Gasteiger partial charge in [-0.3, -0.25) is 4.79 Å². The summed E-state index contributed by atoms with van der Waals surface area (Å²) in [4.78, 5) is 27.6. The second kappa shape index (κ2) is 9.33. The first-order chi connectivity index (χ1) is 13.4. The minimum atomic E-state index is -0.811. The van der Waals surface area contributed by atoms with Crippen LogP contribution in [0.2, 0.25) is 0 Å². The number of amides is 1. The molecule has 162 valence electrons. The van der Waals surface area contributed by atoms with Crippen LogP contribution in [-0.2, 0) is 32.0 Å². The molecule has 0 aromatic heterocycles. The van der Waals surface area contributed by atoms with E-state index in [1.54, 1.807) is 6.92 Å². The number of esters is 1. The molecule has 0 spiro atoms. The van der Waals surface area contributed by atoms with Gasteiger partial charge in [0.05, 0.1) is 18.6 Å². The minimum Gasteiger partial charge on any atom is -0.464 e. The Bertz CT molecular complexity index is 795. The molecule has 1 aromatic rings. The first-order valence-corrected chi connectivity index (χ1v) is 11.4. The molecule has 0 fully saturated rings. The zero-order valence-electron chi connectivity index (χ0n) is 18.9. The molecule has 1 aliphatic rings. The second-order valence-corrected chi connectivity index (χ2v) is 10.2. The molecule has 0 saturated carbocycles. The molecule has 5 nitrogen and oxygen atoms in total. The van der Waals surface area contributed by atoms with Crippen LogP contribution >= 0.6 is 22.6 Å². The normalized spacial score (nSPS) is 15.5. The van der Waals surface area contributed by atoms with Crippen LogP contribution in [-0.4, -0.2) is 35.5 Å². The van der Waals surface area contributed by atoms with Gasteiger partial charge in [-0.15, -0.1) is 0 Å². The maximum Gasteiger partial charge on any atom is 0.340 e. The molecule has 0 N–H and O–H groups in total. The van der Waals surface area contributed by atoms with Crippen molar-refractivity contribution < 1.29 is 19.1 Å². The third kappa shape index (κ3) is 5.51. The van der Waals surface area contributed by atoms with E-state index in [1.807, 2.05) is 32.6 Å². The predicted molar refractivity (Wildman–Crippen MR) is 123 cm³/mol. The highest BCUT2D eigenvalue weighted by Crippen LogP contribution is 2.39. The van der Waals surface area contributed by atoms with E-state index in [2.05, 4.69) is 43.4 Å². The molecular formula is C23H34INO4. The summed E-state index contributed by atoms with van der Waals surface area (Å²) in [6.07, 6.45) is -0.446. The summed E-state index contributed by atoms with van der Waals surface area (Å²) >= 11 is 2.31. The number of carbonyl (C=O) groups excluding carboxylic acids is 2. The van der Waals surface area contributed by atoms with Crippen LogP contribution in [0.25, 0.3) is 0 Å². The van der Waals surface area contributed by atoms with E-state index in [0.717, 1.165) is 32.4 Å². The Morgan fingerprint density at radius 2 is 1.79 bits per heavy atom. The molecule has 0 radical (unpaired) electrons. The van der Waals surface area contributed by atoms with Gasteiger partial charge in [0.25, 0.3) is 0 Å². The molecule has 0 unspecified atom stereocenters. The fourth-order valence-corrected chi connectivity index (χ4v) is 4.84. The summed E-state index contributed by atoms with van der Waals surface area (Å²) in [6, 6.07) is 0. The molecule has 29 heavy (non-hydrogen) atoms. The smallest absolute Gasteiger partial charge is 0.340 e. The van der Waals surface area contributed by atoms with Gasteiger partial charge in [-0.1, -0.05) is 13.8 Å². The largest absolute Gasteiger partial charge is 0.464 e. The van der Waals surface area contributed by atoms with Crippen molar-refractivity contribution in [1.82, 2.24) is 4.90 Å². The van der Waals surface area contributed by atoms with Gasteiger partial charge in [0.1, 0.15) is 0 Å². The topological polar surface area (TPSA) is 55.8 Å². The maximum atomic E-state index is 12.8. The predicted octanol–water partition coefficient (Wildman–Crippen LogP) is 4.87. The van der Waals surface area contributed by atoms with Gasteiger partial charge >= 0.3 is 5.97 Å². The van der Waals surface area contributed by atoms with Crippen molar-refractivity contribution in [3.63, 3.8) is 0 Å². The Morgan fingerprint density at radius 3 is 2.31 bits per heavy atom. The van der Waals surface area contributed by atoms with Crippen LogP contribution in [0.1, 0.15) is 75.5 Å². The number of hydrogen-bond acceptors (Lipinski definition) is 4. The Balaban J connectivity index is 2.60. The fraction of sp³-hybridized carbons (Fsp3) is 0.652. The van der Waals surface area contributed by atoms with Crippen LogP contribution < -0.4 is 0 Å². The minimum absolute atomic E-state index is 0.144. The summed E-state index contributed by atoms with van der Waals surface area (Å²) in [6.45, 7) is 17.6. The average molecular weight is 515 g/mol. The van der Waals surface area contributed by atoms with Crippen molar-refractivity contribution >= 4 is 34.5 Å². The molecule has 1 atom stereocenters. The Morgan fingerprint density at radius 1 is 1.17 bits per heavy atom. The van der Waals surface area contributed by atoms with Gasteiger partial charge in [0.2, 0.25) is 5.91 Å². The Kier molecular flexibility index (Phi) is 7.76. The quantitative estimate of drug-likeness (QED) is 0.401. The molecule has 0 aliphatic carbocycles. The second-order valence-electron chi connectivity index (χ2n) is 9.14. The van der Waals surface area contributed by atoms with Crippen LogP contribution in [0.15, 0.2) is 0 Å². The lowest BCUT2D eigenvalue weighted by Crippen LogP contribution is -2.40. The number of hydrogen-bond donors (Lipinski definition) is 0. The van der Waals surface area contributed by atoms with Gasteiger partial charge < -0.3 is 14.4 Å². The van der Waals surface area contributed by atoms with Crippen molar-refractivity contribution in [1.29, 1.82) is 0 Å². The zero-order chi connectivity index (χ0) is 22.1. The molecule has 6 heteroatoms. The van der Waals surface area contributed by atoms with E-state index in [9.17, 15) is 9.59 Å². The van der Waals surface area contributed by atoms with Crippen molar-refractivity contribution in [2.45, 2.75) is 80.1 Å². The third-order valence-electron chi connectivity index (χ3n) is 5.09. The lowest BCUT2D eigenvalue weighted by molar-refractivity contribution is -0.167. The number of fused-ring (bicyclic) bond motifs is 1. The summed E-state index contributed by atoms with van der Waals surface area (Å²) in [5, 5.41) is 0. The molecule has 0 bridgehead atoms. The highest BCUT2D eigenvalue weighted by atomic mass is 127. The number of halogens is 1. The summed E-state index contributed by atoms with van der Waals surface area (Å²) in [7, 11) is 0.